The van der Waals surface area contributed by atoms with E-state index in [0.717, 1.165) is 24.4 Å². The standard InChI is InChI=1S/C18H25N5O3S/c1-21(2)17(25)13-22-8-4-9-23(11-10-22)16(24)7-6-15-19-18(20-26-15)14-5-3-12-27-14/h3,5,12H,4,6-11,13H2,1-2H3. The molecule has 27 heavy (non-hydrogen) atoms. The molecule has 0 bridgehead atoms. The third kappa shape index (κ3) is 5.36. The Bertz CT molecular complexity index is 759. The molecule has 1 fully saturated rings. The van der Waals surface area contributed by atoms with Crippen LogP contribution < -0.4 is 0 Å². The van der Waals surface area contributed by atoms with Crippen LogP contribution in [0.1, 0.15) is 18.7 Å². The van der Waals surface area contributed by atoms with E-state index in [-0.39, 0.29) is 11.8 Å². The summed E-state index contributed by atoms with van der Waals surface area (Å²) in [5, 5.41) is 5.93. The molecule has 2 amide bonds. The topological polar surface area (TPSA) is 82.8 Å². The molecule has 0 unspecified atom stereocenters. The van der Waals surface area contributed by atoms with E-state index in [1.807, 2.05) is 22.4 Å². The molecule has 2 aromatic heterocycles. The van der Waals surface area contributed by atoms with Gasteiger partial charge in [0.1, 0.15) is 0 Å². The highest BCUT2D eigenvalue weighted by atomic mass is 32.1. The van der Waals surface area contributed by atoms with Crippen LogP contribution in [0.4, 0.5) is 0 Å². The maximum Gasteiger partial charge on any atom is 0.236 e. The molecule has 8 nitrogen and oxygen atoms in total. The first-order valence-corrected chi connectivity index (χ1v) is 9.97. The second-order valence-electron chi connectivity index (χ2n) is 6.79. The van der Waals surface area contributed by atoms with Gasteiger partial charge in [0, 0.05) is 53.1 Å². The van der Waals surface area contributed by atoms with Crippen molar-refractivity contribution in [3.8, 4) is 10.7 Å². The van der Waals surface area contributed by atoms with E-state index in [2.05, 4.69) is 15.0 Å². The molecule has 0 radical (unpaired) electrons. The average Bonchev–Trinajstić information content (AvgIpc) is 3.28. The van der Waals surface area contributed by atoms with Crippen LogP contribution in [0.5, 0.6) is 0 Å². The molecular formula is C18H25N5O3S. The van der Waals surface area contributed by atoms with Crippen molar-refractivity contribution in [3.63, 3.8) is 0 Å². The summed E-state index contributed by atoms with van der Waals surface area (Å²) in [4.78, 5) is 35.3. The molecular weight excluding hydrogens is 366 g/mol. The molecule has 1 saturated heterocycles. The zero-order chi connectivity index (χ0) is 19.2. The Morgan fingerprint density at radius 2 is 2.11 bits per heavy atom. The number of hydrogen-bond acceptors (Lipinski definition) is 7. The van der Waals surface area contributed by atoms with Gasteiger partial charge in [0.15, 0.2) is 0 Å². The highest BCUT2D eigenvalue weighted by Gasteiger charge is 2.21. The second kappa shape index (κ2) is 9.09. The van der Waals surface area contributed by atoms with E-state index in [4.69, 9.17) is 4.52 Å². The van der Waals surface area contributed by atoms with E-state index in [1.165, 1.54) is 0 Å². The fourth-order valence-corrected chi connectivity index (χ4v) is 3.59. The Hall–Kier alpha value is -2.26. The van der Waals surface area contributed by atoms with Gasteiger partial charge in [0.2, 0.25) is 23.5 Å². The molecule has 0 saturated carbocycles. The van der Waals surface area contributed by atoms with E-state index < -0.39 is 0 Å². The van der Waals surface area contributed by atoms with Gasteiger partial charge < -0.3 is 14.3 Å². The predicted molar refractivity (Wildman–Crippen MR) is 102 cm³/mol. The number of nitrogens with zero attached hydrogens (tertiary/aromatic N) is 5. The van der Waals surface area contributed by atoms with Crippen LogP contribution in [0.25, 0.3) is 10.7 Å². The molecule has 0 spiro atoms. The first kappa shape index (κ1) is 19.5. The fraction of sp³-hybridized carbons (Fsp3) is 0.556. The van der Waals surface area contributed by atoms with Gasteiger partial charge in [-0.1, -0.05) is 11.2 Å². The summed E-state index contributed by atoms with van der Waals surface area (Å²) >= 11 is 1.55. The summed E-state index contributed by atoms with van der Waals surface area (Å²) in [6.45, 7) is 3.31. The molecule has 3 rings (SSSR count). The van der Waals surface area contributed by atoms with E-state index in [0.29, 0.717) is 44.2 Å². The maximum absolute atomic E-state index is 12.5. The van der Waals surface area contributed by atoms with E-state index in [1.54, 1.807) is 30.3 Å². The summed E-state index contributed by atoms with van der Waals surface area (Å²) in [6, 6.07) is 3.88. The Labute approximate surface area is 162 Å². The van der Waals surface area contributed by atoms with Gasteiger partial charge in [-0.05, 0) is 17.9 Å². The lowest BCUT2D eigenvalue weighted by Crippen LogP contribution is -2.39. The lowest BCUT2D eigenvalue weighted by Gasteiger charge is -2.22. The summed E-state index contributed by atoms with van der Waals surface area (Å²) in [7, 11) is 3.52. The number of carbonyl (C=O) groups excluding carboxylic acids is 2. The lowest BCUT2D eigenvalue weighted by atomic mass is 10.2. The first-order valence-electron chi connectivity index (χ1n) is 9.09. The van der Waals surface area contributed by atoms with Gasteiger partial charge in [0.05, 0.1) is 11.4 Å². The molecule has 146 valence electrons. The highest BCUT2D eigenvalue weighted by molar-refractivity contribution is 7.13. The molecule has 0 aliphatic carbocycles. The minimum absolute atomic E-state index is 0.0895. The molecule has 2 aromatic rings. The summed E-state index contributed by atoms with van der Waals surface area (Å²) in [5.41, 5.74) is 0. The van der Waals surface area contributed by atoms with Crippen LogP contribution in [0.2, 0.25) is 0 Å². The van der Waals surface area contributed by atoms with Crippen LogP contribution in [0.15, 0.2) is 22.0 Å². The number of rotatable bonds is 6. The lowest BCUT2D eigenvalue weighted by molar-refractivity contribution is -0.131. The van der Waals surface area contributed by atoms with E-state index >= 15 is 0 Å². The van der Waals surface area contributed by atoms with Gasteiger partial charge in [-0.3, -0.25) is 14.5 Å². The largest absolute Gasteiger partial charge is 0.348 e. The minimum Gasteiger partial charge on any atom is -0.348 e. The zero-order valence-electron chi connectivity index (χ0n) is 15.8. The number of likely N-dealkylation sites (N-methyl/N-ethyl adjacent to an activating group) is 1. The maximum atomic E-state index is 12.5. The van der Waals surface area contributed by atoms with Crippen molar-refractivity contribution in [2.75, 3.05) is 46.8 Å². The van der Waals surface area contributed by atoms with Gasteiger partial charge in [0.25, 0.3) is 0 Å². The van der Waals surface area contributed by atoms with Crippen LogP contribution >= 0.6 is 11.3 Å². The Kier molecular flexibility index (Phi) is 6.57. The quantitative estimate of drug-likeness (QED) is 0.739. The van der Waals surface area contributed by atoms with Gasteiger partial charge in [-0.2, -0.15) is 4.98 Å². The average molecular weight is 391 g/mol. The zero-order valence-corrected chi connectivity index (χ0v) is 16.6. The Balaban J connectivity index is 1.46. The summed E-state index contributed by atoms with van der Waals surface area (Å²) in [6.07, 6.45) is 1.66. The number of thiophene rings is 1. The number of carbonyl (C=O) groups is 2. The van der Waals surface area contributed by atoms with Crippen LogP contribution in [0, 0.1) is 0 Å². The van der Waals surface area contributed by atoms with E-state index in [9.17, 15) is 9.59 Å². The van der Waals surface area contributed by atoms with Crippen LogP contribution in [0.3, 0.4) is 0 Å². The number of aromatic nitrogens is 2. The normalized spacial score (nSPS) is 15.6. The number of hydrogen-bond donors (Lipinski definition) is 0. The van der Waals surface area contributed by atoms with Crippen LogP contribution in [-0.4, -0.2) is 83.5 Å². The SMILES string of the molecule is CN(C)C(=O)CN1CCCN(C(=O)CCc2nc(-c3cccs3)no2)CC1. The van der Waals surface area contributed by atoms with Crippen LogP contribution in [-0.2, 0) is 16.0 Å². The Morgan fingerprint density at radius 1 is 1.26 bits per heavy atom. The van der Waals surface area contributed by atoms with Crippen molar-refractivity contribution in [2.45, 2.75) is 19.3 Å². The highest BCUT2D eigenvalue weighted by Crippen LogP contribution is 2.21. The summed E-state index contributed by atoms with van der Waals surface area (Å²) in [5.74, 6) is 1.24. The van der Waals surface area contributed by atoms with Crippen molar-refractivity contribution in [2.24, 2.45) is 0 Å². The monoisotopic (exact) mass is 391 g/mol. The third-order valence-electron chi connectivity index (χ3n) is 4.56. The smallest absolute Gasteiger partial charge is 0.236 e. The van der Waals surface area contributed by atoms with Gasteiger partial charge in [-0.25, -0.2) is 0 Å². The molecule has 1 aliphatic heterocycles. The molecule has 3 heterocycles. The van der Waals surface area contributed by atoms with Gasteiger partial charge >= 0.3 is 0 Å². The van der Waals surface area contributed by atoms with Crippen molar-refractivity contribution < 1.29 is 14.1 Å². The van der Waals surface area contributed by atoms with Crippen molar-refractivity contribution >= 4 is 23.2 Å². The van der Waals surface area contributed by atoms with Crippen molar-refractivity contribution in [1.29, 1.82) is 0 Å². The minimum atomic E-state index is 0.0895. The fourth-order valence-electron chi connectivity index (χ4n) is 2.95. The second-order valence-corrected chi connectivity index (χ2v) is 7.74. The number of aryl methyl sites for hydroxylation is 1. The third-order valence-corrected chi connectivity index (χ3v) is 5.43. The molecule has 0 aromatic carbocycles. The molecule has 0 atom stereocenters. The first-order chi connectivity index (χ1) is 13.0. The molecule has 0 N–H and O–H groups in total. The van der Waals surface area contributed by atoms with Crippen molar-refractivity contribution in [1.82, 2.24) is 24.8 Å². The Morgan fingerprint density at radius 3 is 2.85 bits per heavy atom. The molecule has 9 heteroatoms. The summed E-state index contributed by atoms with van der Waals surface area (Å²) < 4.78 is 5.26. The predicted octanol–water partition coefficient (Wildman–Crippen LogP) is 1.35. The van der Waals surface area contributed by atoms with Crippen molar-refractivity contribution in [3.05, 3.63) is 23.4 Å². The molecule has 1 aliphatic rings. The number of amides is 2. The van der Waals surface area contributed by atoms with Gasteiger partial charge in [-0.15, -0.1) is 11.3 Å².